The van der Waals surface area contributed by atoms with Gasteiger partial charge in [0.1, 0.15) is 12.2 Å². The summed E-state index contributed by atoms with van der Waals surface area (Å²) in [6.07, 6.45) is 7.34. The summed E-state index contributed by atoms with van der Waals surface area (Å²) in [6.45, 7) is 2.13. The highest BCUT2D eigenvalue weighted by atomic mass is 19.1. The molecule has 33 heavy (non-hydrogen) atoms. The quantitative estimate of drug-likeness (QED) is 0.654. The van der Waals surface area contributed by atoms with Crippen LogP contribution in [0, 0.1) is 17.3 Å². The van der Waals surface area contributed by atoms with Crippen LogP contribution in [0.15, 0.2) is 28.9 Å². The van der Waals surface area contributed by atoms with Gasteiger partial charge in [0.2, 0.25) is 5.91 Å². The number of piperidine rings is 1. The second-order valence-corrected chi connectivity index (χ2v) is 10.3. The minimum absolute atomic E-state index is 0.0540. The minimum atomic E-state index is -0.764. The van der Waals surface area contributed by atoms with E-state index in [4.69, 9.17) is 4.42 Å². The third kappa shape index (κ3) is 3.81. The second kappa shape index (κ2) is 8.06. The van der Waals surface area contributed by atoms with Gasteiger partial charge in [-0.05, 0) is 62.0 Å². The Morgan fingerprint density at radius 2 is 2.12 bits per heavy atom. The van der Waals surface area contributed by atoms with E-state index in [1.165, 1.54) is 0 Å². The Labute approximate surface area is 191 Å². The van der Waals surface area contributed by atoms with Crippen LogP contribution < -0.4 is 16.2 Å². The summed E-state index contributed by atoms with van der Waals surface area (Å²) in [5.41, 5.74) is 7.15. The van der Waals surface area contributed by atoms with Crippen LogP contribution in [-0.2, 0) is 4.79 Å². The number of alkyl halides is 1. The maximum Gasteiger partial charge on any atom is 0.287 e. The number of hydrazine groups is 1. The number of carbonyl (C=O) groups is 2. The fraction of sp³-hybridized carbons (Fsp3) is 0.625. The van der Waals surface area contributed by atoms with Crippen LogP contribution in [0.5, 0.6) is 0 Å². The number of furan rings is 1. The molecule has 5 atom stereocenters. The molecule has 4 aliphatic rings. The first-order valence-corrected chi connectivity index (χ1v) is 12.1. The van der Waals surface area contributed by atoms with Gasteiger partial charge in [0.05, 0.1) is 6.20 Å². The van der Waals surface area contributed by atoms with Gasteiger partial charge in [-0.2, -0.15) is 0 Å². The molecule has 176 valence electrons. The van der Waals surface area contributed by atoms with Crippen LogP contribution in [0.2, 0.25) is 0 Å². The van der Waals surface area contributed by atoms with Gasteiger partial charge in [-0.1, -0.05) is 0 Å². The molecule has 2 saturated carbocycles. The van der Waals surface area contributed by atoms with Gasteiger partial charge >= 0.3 is 0 Å². The molecule has 6 rings (SSSR count). The van der Waals surface area contributed by atoms with E-state index in [9.17, 15) is 14.0 Å². The monoisotopic (exact) mass is 455 g/mol. The Hall–Kier alpha value is -2.52. The van der Waals surface area contributed by atoms with E-state index in [1.807, 2.05) is 11.0 Å². The maximum atomic E-state index is 13.7. The van der Waals surface area contributed by atoms with Crippen molar-refractivity contribution in [3.8, 4) is 0 Å². The van der Waals surface area contributed by atoms with Crippen molar-refractivity contribution in [2.45, 2.75) is 56.8 Å². The van der Waals surface area contributed by atoms with Crippen molar-refractivity contribution < 1.29 is 18.4 Å². The molecule has 8 nitrogen and oxygen atoms in total. The topological polar surface area (TPSA) is 99.5 Å². The van der Waals surface area contributed by atoms with Gasteiger partial charge in [-0.25, -0.2) is 9.82 Å². The molecular formula is C24H30FN5O3. The van der Waals surface area contributed by atoms with E-state index in [1.54, 1.807) is 18.5 Å². The fourth-order valence-electron chi connectivity index (χ4n) is 6.26. The lowest BCUT2D eigenvalue weighted by atomic mass is 9.80. The third-order valence-electron chi connectivity index (χ3n) is 8.44. The number of hydrogen-bond donors (Lipinski definition) is 3. The summed E-state index contributed by atoms with van der Waals surface area (Å²) >= 11 is 0. The van der Waals surface area contributed by atoms with Crippen LogP contribution in [0.3, 0.4) is 0 Å². The molecule has 9 heteroatoms. The van der Waals surface area contributed by atoms with E-state index in [0.29, 0.717) is 36.6 Å². The summed E-state index contributed by atoms with van der Waals surface area (Å²) in [6, 6.07) is 3.38. The Balaban J connectivity index is 0.993. The lowest BCUT2D eigenvalue weighted by Gasteiger charge is -2.36. The average Bonchev–Trinajstić information content (AvgIpc) is 3.15. The first kappa shape index (κ1) is 21.0. The Morgan fingerprint density at radius 3 is 2.94 bits per heavy atom. The molecule has 5 unspecified atom stereocenters. The lowest BCUT2D eigenvalue weighted by Crippen LogP contribution is -2.51. The standard InChI is InChI=1S/C24H30FN5O3/c25-16-1-2-17-18(10-16)28-29-21(17)23(32)30-7-4-24(5-8-30)11-15(24)12-27-22(31)19-9-14-3-6-26-13-20(14)33-19/h3,6,9,13,15-18,21,28-29H,1-2,4-5,7-8,10-12H2,(H,27,31). The zero-order chi connectivity index (χ0) is 22.6. The number of likely N-dealkylation sites (tertiary alicyclic amines) is 1. The van der Waals surface area contributed by atoms with Crippen molar-refractivity contribution in [1.29, 1.82) is 0 Å². The fourth-order valence-corrected chi connectivity index (χ4v) is 6.26. The lowest BCUT2D eigenvalue weighted by molar-refractivity contribution is -0.136. The summed E-state index contributed by atoms with van der Waals surface area (Å²) < 4.78 is 19.3. The molecule has 0 bridgehead atoms. The Morgan fingerprint density at radius 1 is 1.27 bits per heavy atom. The van der Waals surface area contributed by atoms with E-state index in [-0.39, 0.29) is 35.2 Å². The third-order valence-corrected chi connectivity index (χ3v) is 8.44. The zero-order valence-corrected chi connectivity index (χ0v) is 18.6. The van der Waals surface area contributed by atoms with E-state index in [0.717, 1.165) is 44.2 Å². The van der Waals surface area contributed by atoms with Gasteiger partial charge in [-0.3, -0.25) is 20.0 Å². The highest BCUT2D eigenvalue weighted by Gasteiger charge is 2.55. The first-order chi connectivity index (χ1) is 16.0. The van der Waals surface area contributed by atoms with Gasteiger partial charge in [0.25, 0.3) is 5.91 Å². The SMILES string of the molecule is O=C(NCC1CC12CCN(C(=O)C1NNC3CC(F)CCC31)CC2)c1cc2ccncc2o1. The van der Waals surface area contributed by atoms with Gasteiger partial charge < -0.3 is 14.6 Å². The Kier molecular flexibility index (Phi) is 5.14. The van der Waals surface area contributed by atoms with E-state index < -0.39 is 6.17 Å². The van der Waals surface area contributed by atoms with Crippen LogP contribution >= 0.6 is 0 Å². The number of halogens is 1. The van der Waals surface area contributed by atoms with Crippen molar-refractivity contribution >= 4 is 22.8 Å². The van der Waals surface area contributed by atoms with Crippen molar-refractivity contribution in [3.63, 3.8) is 0 Å². The van der Waals surface area contributed by atoms with Crippen molar-refractivity contribution in [1.82, 2.24) is 26.1 Å². The van der Waals surface area contributed by atoms with Gasteiger partial charge in [0.15, 0.2) is 11.3 Å². The minimum Gasteiger partial charge on any atom is -0.449 e. The molecule has 1 spiro atoms. The van der Waals surface area contributed by atoms with Crippen molar-refractivity contribution in [2.75, 3.05) is 19.6 Å². The summed E-state index contributed by atoms with van der Waals surface area (Å²) in [4.78, 5) is 31.7. The molecule has 0 radical (unpaired) electrons. The average molecular weight is 456 g/mol. The van der Waals surface area contributed by atoms with Crippen molar-refractivity contribution in [3.05, 3.63) is 30.3 Å². The van der Waals surface area contributed by atoms with Gasteiger partial charge in [-0.15, -0.1) is 0 Å². The van der Waals surface area contributed by atoms with Crippen LogP contribution in [-0.4, -0.2) is 59.6 Å². The molecule has 2 aliphatic carbocycles. The number of amides is 2. The largest absolute Gasteiger partial charge is 0.449 e. The molecule has 0 aromatic carbocycles. The highest BCUT2D eigenvalue weighted by Crippen LogP contribution is 2.59. The van der Waals surface area contributed by atoms with E-state index >= 15 is 0 Å². The zero-order valence-electron chi connectivity index (χ0n) is 18.6. The summed E-state index contributed by atoms with van der Waals surface area (Å²) in [5.74, 6) is 0.884. The summed E-state index contributed by atoms with van der Waals surface area (Å²) in [5, 5.41) is 3.89. The number of nitrogens with zero attached hydrogens (tertiary/aromatic N) is 2. The number of rotatable bonds is 4. The van der Waals surface area contributed by atoms with Crippen LogP contribution in [0.25, 0.3) is 11.0 Å². The molecule has 2 aliphatic heterocycles. The number of aromatic nitrogens is 1. The number of fused-ring (bicyclic) bond motifs is 2. The second-order valence-electron chi connectivity index (χ2n) is 10.3. The predicted molar refractivity (Wildman–Crippen MR) is 119 cm³/mol. The van der Waals surface area contributed by atoms with Gasteiger partial charge in [0, 0.05) is 43.2 Å². The number of nitrogens with one attached hydrogen (secondary N) is 3. The van der Waals surface area contributed by atoms with Crippen LogP contribution in [0.4, 0.5) is 4.39 Å². The molecule has 4 heterocycles. The molecule has 2 amide bonds. The molecule has 2 aromatic heterocycles. The Bertz CT molecular complexity index is 1030. The number of carbonyl (C=O) groups excluding carboxylic acids is 2. The van der Waals surface area contributed by atoms with Crippen molar-refractivity contribution in [2.24, 2.45) is 17.3 Å². The highest BCUT2D eigenvalue weighted by molar-refractivity contribution is 5.95. The smallest absolute Gasteiger partial charge is 0.287 e. The normalized spacial score (nSPS) is 32.6. The molecule has 3 N–H and O–H groups in total. The molecule has 2 saturated heterocycles. The van der Waals surface area contributed by atoms with E-state index in [2.05, 4.69) is 21.2 Å². The molecular weight excluding hydrogens is 425 g/mol. The number of hydrogen-bond acceptors (Lipinski definition) is 6. The predicted octanol–water partition coefficient (Wildman–Crippen LogP) is 2.17. The molecule has 2 aromatic rings. The van der Waals surface area contributed by atoms with Crippen LogP contribution in [0.1, 0.15) is 49.1 Å². The molecule has 4 fully saturated rings. The summed E-state index contributed by atoms with van der Waals surface area (Å²) in [7, 11) is 0. The first-order valence-electron chi connectivity index (χ1n) is 12.1. The number of pyridine rings is 1. The maximum absolute atomic E-state index is 13.7.